The smallest absolute Gasteiger partial charge is 0.328 e. The van der Waals surface area contributed by atoms with E-state index in [-0.39, 0.29) is 17.9 Å². The average Bonchev–Trinajstić information content (AvgIpc) is 2.73. The van der Waals surface area contributed by atoms with Gasteiger partial charge < -0.3 is 15.0 Å². The standard InChI is InChI=1S/C23H32N2O4/c1-5-15(2)25-21(27)18-12-8-7-11-17(18)19(23(25)13-9-6-10-14-23)20(26)24-16(3)22(28)29-4/h7-8,11-12,15-16,19H,5-6,9-10,13-14H2,1-4H3,(H,24,26)/t15-,16+,19-/m1/s1. The first-order valence-electron chi connectivity index (χ1n) is 10.7. The van der Waals surface area contributed by atoms with Crippen molar-refractivity contribution in [2.75, 3.05) is 7.11 Å². The SMILES string of the molecule is CC[C@@H](C)N1C(=O)c2ccccc2[C@H](C(=O)N[C@@H](C)C(=O)OC)C12CCCCC2. The van der Waals surface area contributed by atoms with Gasteiger partial charge in [0.1, 0.15) is 6.04 Å². The number of hydrogen-bond acceptors (Lipinski definition) is 4. The predicted octanol–water partition coefficient (Wildman–Crippen LogP) is 3.41. The van der Waals surface area contributed by atoms with E-state index in [1.165, 1.54) is 7.11 Å². The fourth-order valence-corrected chi connectivity index (χ4v) is 5.14. The predicted molar refractivity (Wildman–Crippen MR) is 111 cm³/mol. The van der Waals surface area contributed by atoms with Crippen molar-refractivity contribution in [1.29, 1.82) is 0 Å². The number of hydrogen-bond donors (Lipinski definition) is 1. The Morgan fingerprint density at radius 1 is 1.21 bits per heavy atom. The number of amides is 2. The summed E-state index contributed by atoms with van der Waals surface area (Å²) in [6.45, 7) is 5.77. The molecule has 0 bridgehead atoms. The second-order valence-electron chi connectivity index (χ2n) is 8.37. The van der Waals surface area contributed by atoms with Crippen LogP contribution in [0.5, 0.6) is 0 Å². The lowest BCUT2D eigenvalue weighted by molar-refractivity contribution is -0.145. The Balaban J connectivity index is 2.13. The highest BCUT2D eigenvalue weighted by molar-refractivity contribution is 6.02. The molecule has 3 atom stereocenters. The van der Waals surface area contributed by atoms with Crippen LogP contribution in [0, 0.1) is 0 Å². The second-order valence-corrected chi connectivity index (χ2v) is 8.37. The third kappa shape index (κ3) is 3.65. The normalized spacial score (nSPS) is 22.6. The lowest BCUT2D eigenvalue weighted by atomic mass is 9.64. The van der Waals surface area contributed by atoms with Crippen molar-refractivity contribution in [3.05, 3.63) is 35.4 Å². The highest BCUT2D eigenvalue weighted by Gasteiger charge is 2.55. The molecule has 3 rings (SSSR count). The highest BCUT2D eigenvalue weighted by atomic mass is 16.5. The van der Waals surface area contributed by atoms with Crippen molar-refractivity contribution in [2.45, 2.75) is 82.8 Å². The summed E-state index contributed by atoms with van der Waals surface area (Å²) in [6.07, 6.45) is 5.49. The lowest BCUT2D eigenvalue weighted by Gasteiger charge is -2.55. The van der Waals surface area contributed by atoms with E-state index >= 15 is 0 Å². The molecule has 6 nitrogen and oxygen atoms in total. The maximum absolute atomic E-state index is 13.6. The minimum atomic E-state index is -0.741. The van der Waals surface area contributed by atoms with Crippen molar-refractivity contribution in [2.24, 2.45) is 0 Å². The van der Waals surface area contributed by atoms with E-state index in [0.29, 0.717) is 5.56 Å². The number of benzene rings is 1. The average molecular weight is 401 g/mol. The van der Waals surface area contributed by atoms with Gasteiger partial charge in [-0.3, -0.25) is 9.59 Å². The molecule has 1 saturated carbocycles. The summed E-state index contributed by atoms with van der Waals surface area (Å²) in [7, 11) is 1.31. The molecule has 2 aliphatic rings. The molecule has 158 valence electrons. The quantitative estimate of drug-likeness (QED) is 0.769. The minimum absolute atomic E-state index is 0.0157. The van der Waals surface area contributed by atoms with Gasteiger partial charge in [0.05, 0.1) is 18.6 Å². The first-order chi connectivity index (χ1) is 13.9. The summed E-state index contributed by atoms with van der Waals surface area (Å²) < 4.78 is 4.78. The van der Waals surface area contributed by atoms with Gasteiger partial charge in [0.25, 0.3) is 5.91 Å². The number of nitrogens with zero attached hydrogens (tertiary/aromatic N) is 1. The van der Waals surface area contributed by atoms with E-state index < -0.39 is 23.5 Å². The molecule has 1 aromatic rings. The molecule has 1 aliphatic carbocycles. The molecule has 1 aliphatic heterocycles. The summed E-state index contributed by atoms with van der Waals surface area (Å²) >= 11 is 0. The highest BCUT2D eigenvalue weighted by Crippen LogP contribution is 2.50. The Kier molecular flexibility index (Phi) is 6.30. The number of fused-ring (bicyclic) bond motifs is 1. The summed E-state index contributed by atoms with van der Waals surface area (Å²) in [5, 5.41) is 2.85. The molecule has 0 aromatic heterocycles. The number of ether oxygens (including phenoxy) is 1. The Morgan fingerprint density at radius 2 is 1.86 bits per heavy atom. The Hall–Kier alpha value is -2.37. The van der Waals surface area contributed by atoms with E-state index in [4.69, 9.17) is 4.74 Å². The summed E-state index contributed by atoms with van der Waals surface area (Å²) in [5.41, 5.74) is 0.808. The number of nitrogens with one attached hydrogen (secondary N) is 1. The van der Waals surface area contributed by atoms with Crippen molar-refractivity contribution in [3.8, 4) is 0 Å². The van der Waals surface area contributed by atoms with Crippen LogP contribution in [0.15, 0.2) is 24.3 Å². The van der Waals surface area contributed by atoms with Gasteiger partial charge in [-0.1, -0.05) is 44.4 Å². The molecule has 1 fully saturated rings. The van der Waals surface area contributed by atoms with E-state index in [1.807, 2.05) is 29.2 Å². The van der Waals surface area contributed by atoms with Crippen LogP contribution in [0.2, 0.25) is 0 Å². The molecule has 1 N–H and O–H groups in total. The van der Waals surface area contributed by atoms with Crippen LogP contribution in [0.25, 0.3) is 0 Å². The van der Waals surface area contributed by atoms with Crippen LogP contribution in [0.3, 0.4) is 0 Å². The van der Waals surface area contributed by atoms with E-state index in [0.717, 1.165) is 44.1 Å². The molecule has 0 unspecified atom stereocenters. The third-order valence-electron chi connectivity index (χ3n) is 6.66. The maximum atomic E-state index is 13.6. The largest absolute Gasteiger partial charge is 0.467 e. The fourth-order valence-electron chi connectivity index (χ4n) is 5.14. The number of carbonyl (C=O) groups excluding carboxylic acids is 3. The zero-order valence-electron chi connectivity index (χ0n) is 17.9. The van der Waals surface area contributed by atoms with Crippen molar-refractivity contribution in [1.82, 2.24) is 10.2 Å². The number of rotatable bonds is 5. The summed E-state index contributed by atoms with van der Waals surface area (Å²) in [5.74, 6) is -1.17. The second kappa shape index (κ2) is 8.56. The molecule has 1 heterocycles. The molecule has 6 heteroatoms. The van der Waals surface area contributed by atoms with Gasteiger partial charge in [-0.15, -0.1) is 0 Å². The van der Waals surface area contributed by atoms with Gasteiger partial charge in [-0.25, -0.2) is 4.79 Å². The van der Waals surface area contributed by atoms with Crippen molar-refractivity contribution in [3.63, 3.8) is 0 Å². The van der Waals surface area contributed by atoms with Crippen LogP contribution in [-0.2, 0) is 14.3 Å². The van der Waals surface area contributed by atoms with Crippen LogP contribution < -0.4 is 5.32 Å². The van der Waals surface area contributed by atoms with Gasteiger partial charge in [0.15, 0.2) is 0 Å². The van der Waals surface area contributed by atoms with Crippen LogP contribution in [0.4, 0.5) is 0 Å². The number of methoxy groups -OCH3 is 1. The number of esters is 1. The molecule has 1 spiro atoms. The Morgan fingerprint density at radius 3 is 2.48 bits per heavy atom. The lowest BCUT2D eigenvalue weighted by Crippen LogP contribution is -2.65. The zero-order valence-corrected chi connectivity index (χ0v) is 17.9. The molecule has 0 radical (unpaired) electrons. The van der Waals surface area contributed by atoms with E-state index in [9.17, 15) is 14.4 Å². The van der Waals surface area contributed by atoms with E-state index in [1.54, 1.807) is 6.92 Å². The molecule has 29 heavy (non-hydrogen) atoms. The van der Waals surface area contributed by atoms with Crippen LogP contribution >= 0.6 is 0 Å². The Labute approximate surface area is 173 Å². The minimum Gasteiger partial charge on any atom is -0.467 e. The molecular formula is C23H32N2O4. The Bertz CT molecular complexity index is 785. The third-order valence-corrected chi connectivity index (χ3v) is 6.66. The maximum Gasteiger partial charge on any atom is 0.328 e. The van der Waals surface area contributed by atoms with Gasteiger partial charge >= 0.3 is 5.97 Å². The topological polar surface area (TPSA) is 75.7 Å². The molecule has 0 saturated heterocycles. The number of carbonyl (C=O) groups is 3. The summed E-state index contributed by atoms with van der Waals surface area (Å²) in [6, 6.07) is 6.72. The van der Waals surface area contributed by atoms with Crippen molar-refractivity contribution < 1.29 is 19.1 Å². The van der Waals surface area contributed by atoms with E-state index in [2.05, 4.69) is 19.2 Å². The monoisotopic (exact) mass is 400 g/mol. The molecular weight excluding hydrogens is 368 g/mol. The molecule has 2 amide bonds. The van der Waals surface area contributed by atoms with Gasteiger partial charge in [0, 0.05) is 11.6 Å². The summed E-state index contributed by atoms with van der Waals surface area (Å²) in [4.78, 5) is 41.0. The molecule has 1 aromatic carbocycles. The van der Waals surface area contributed by atoms with Crippen LogP contribution in [-0.4, -0.2) is 47.4 Å². The van der Waals surface area contributed by atoms with Crippen molar-refractivity contribution >= 4 is 17.8 Å². The fraction of sp³-hybridized carbons (Fsp3) is 0.609. The first kappa shape index (κ1) is 21.3. The zero-order chi connectivity index (χ0) is 21.2. The first-order valence-corrected chi connectivity index (χ1v) is 10.7. The van der Waals surface area contributed by atoms with Gasteiger partial charge in [-0.2, -0.15) is 0 Å². The van der Waals surface area contributed by atoms with Crippen LogP contribution in [0.1, 0.15) is 81.1 Å². The van der Waals surface area contributed by atoms with Gasteiger partial charge in [0.2, 0.25) is 5.91 Å². The van der Waals surface area contributed by atoms with Gasteiger partial charge in [-0.05, 0) is 44.7 Å².